The van der Waals surface area contributed by atoms with Crippen LogP contribution in [0.15, 0.2) is 4.99 Å². The van der Waals surface area contributed by atoms with Gasteiger partial charge in [0.15, 0.2) is 9.91 Å². The second-order valence-electron chi connectivity index (χ2n) is 6.31. The van der Waals surface area contributed by atoms with Crippen molar-refractivity contribution >= 4 is 22.8 Å². The summed E-state index contributed by atoms with van der Waals surface area (Å²) >= 11 is 0.849. The molecule has 114 valence electrons. The Hall–Kier alpha value is -0.650. The third kappa shape index (κ3) is 2.85. The number of alkyl halides is 2. The molecule has 1 unspecified atom stereocenters. The molecule has 4 atom stereocenters. The van der Waals surface area contributed by atoms with E-state index in [0.29, 0.717) is 11.1 Å². The lowest BCUT2D eigenvalue weighted by atomic mass is 9.72. The standard InChI is InChI=1S/C14H22F2N2OS/c1-8-5-6-10(8)7-9(2)17-12-18-11(19)13(3,20-12)14(4,15)16/h8-10H,5-7H2,1-4H3,(H,17,18,19)/t8?,9-,10+,13+/m1/s1. The van der Waals surface area contributed by atoms with Crippen LogP contribution in [0, 0.1) is 11.8 Å². The number of carbonyl (C=O) groups excluding carboxylic acids is 1. The summed E-state index contributed by atoms with van der Waals surface area (Å²) in [5.41, 5.74) is 0. The number of amides is 1. The van der Waals surface area contributed by atoms with Gasteiger partial charge in [0.2, 0.25) is 5.91 Å². The molecule has 1 amide bonds. The Labute approximate surface area is 123 Å². The first-order valence-electron chi connectivity index (χ1n) is 7.09. The fraction of sp³-hybridized carbons (Fsp3) is 0.857. The van der Waals surface area contributed by atoms with Gasteiger partial charge >= 0.3 is 0 Å². The Kier molecular flexibility index (Phi) is 4.15. The summed E-state index contributed by atoms with van der Waals surface area (Å²) in [6.07, 6.45) is 3.44. The molecule has 0 radical (unpaired) electrons. The Morgan fingerprint density at radius 3 is 2.60 bits per heavy atom. The molecule has 1 saturated carbocycles. The Morgan fingerprint density at radius 1 is 1.55 bits per heavy atom. The van der Waals surface area contributed by atoms with Gasteiger partial charge in [-0.1, -0.05) is 25.1 Å². The Morgan fingerprint density at radius 2 is 2.20 bits per heavy atom. The highest BCUT2D eigenvalue weighted by molar-refractivity contribution is 8.16. The van der Waals surface area contributed by atoms with Gasteiger partial charge in [-0.2, -0.15) is 0 Å². The van der Waals surface area contributed by atoms with Gasteiger partial charge in [0, 0.05) is 6.92 Å². The molecule has 1 aliphatic heterocycles. The van der Waals surface area contributed by atoms with Crippen LogP contribution in [-0.2, 0) is 4.79 Å². The molecule has 1 aliphatic carbocycles. The van der Waals surface area contributed by atoms with Crippen molar-refractivity contribution in [3.63, 3.8) is 0 Å². The summed E-state index contributed by atoms with van der Waals surface area (Å²) in [7, 11) is 0. The number of rotatable bonds is 4. The van der Waals surface area contributed by atoms with E-state index in [1.54, 1.807) is 0 Å². The van der Waals surface area contributed by atoms with Gasteiger partial charge in [0.1, 0.15) is 0 Å². The topological polar surface area (TPSA) is 41.5 Å². The van der Waals surface area contributed by atoms with Crippen molar-refractivity contribution in [3.8, 4) is 0 Å². The minimum Gasteiger partial charge on any atom is -0.304 e. The zero-order chi connectivity index (χ0) is 15.1. The third-order valence-electron chi connectivity index (χ3n) is 4.57. The fourth-order valence-electron chi connectivity index (χ4n) is 2.61. The van der Waals surface area contributed by atoms with Gasteiger partial charge in [-0.15, -0.1) is 0 Å². The summed E-state index contributed by atoms with van der Waals surface area (Å²) in [6, 6.07) is 0.0541. The summed E-state index contributed by atoms with van der Waals surface area (Å²) in [6.45, 7) is 6.26. The Bertz CT molecular complexity index is 435. The van der Waals surface area contributed by atoms with E-state index in [0.717, 1.165) is 31.0 Å². The van der Waals surface area contributed by atoms with Crippen LogP contribution in [0.1, 0.15) is 47.0 Å². The van der Waals surface area contributed by atoms with Crippen LogP contribution in [0.3, 0.4) is 0 Å². The molecule has 0 aromatic rings. The summed E-state index contributed by atoms with van der Waals surface area (Å²) in [5, 5.41) is 2.83. The third-order valence-corrected chi connectivity index (χ3v) is 5.92. The van der Waals surface area contributed by atoms with E-state index >= 15 is 0 Å². The lowest BCUT2D eigenvalue weighted by Gasteiger charge is -2.35. The zero-order valence-corrected chi connectivity index (χ0v) is 13.2. The molecule has 0 spiro atoms. The molecular weight excluding hydrogens is 282 g/mol. The monoisotopic (exact) mass is 304 g/mol. The molecule has 1 heterocycles. The second-order valence-corrected chi connectivity index (χ2v) is 7.72. The molecule has 20 heavy (non-hydrogen) atoms. The number of hydrogen-bond donors (Lipinski definition) is 1. The average molecular weight is 304 g/mol. The van der Waals surface area contributed by atoms with Crippen LogP contribution in [-0.4, -0.2) is 27.8 Å². The Balaban J connectivity index is 2.00. The first-order chi connectivity index (χ1) is 9.13. The number of amidine groups is 1. The minimum atomic E-state index is -3.08. The van der Waals surface area contributed by atoms with Crippen molar-refractivity contribution in [2.24, 2.45) is 16.8 Å². The van der Waals surface area contributed by atoms with Crippen LogP contribution in [0.2, 0.25) is 0 Å². The van der Waals surface area contributed by atoms with Crippen LogP contribution < -0.4 is 5.32 Å². The van der Waals surface area contributed by atoms with Crippen molar-refractivity contribution in [2.75, 3.05) is 0 Å². The zero-order valence-electron chi connectivity index (χ0n) is 12.4. The van der Waals surface area contributed by atoms with Crippen LogP contribution >= 0.6 is 11.8 Å². The van der Waals surface area contributed by atoms with E-state index < -0.39 is 16.6 Å². The number of nitrogens with zero attached hydrogens (tertiary/aromatic N) is 1. The first-order valence-corrected chi connectivity index (χ1v) is 7.91. The van der Waals surface area contributed by atoms with Crippen LogP contribution in [0.25, 0.3) is 0 Å². The molecule has 2 fully saturated rings. The van der Waals surface area contributed by atoms with Gasteiger partial charge < -0.3 is 5.32 Å². The molecule has 0 aromatic carbocycles. The quantitative estimate of drug-likeness (QED) is 0.864. The molecule has 2 rings (SSSR count). The van der Waals surface area contributed by atoms with Crippen LogP contribution in [0.4, 0.5) is 8.78 Å². The summed E-state index contributed by atoms with van der Waals surface area (Å²) < 4.78 is 25.4. The maximum atomic E-state index is 13.6. The second kappa shape index (κ2) is 5.28. The largest absolute Gasteiger partial charge is 0.304 e. The van der Waals surface area contributed by atoms with E-state index in [2.05, 4.69) is 17.2 Å². The molecule has 1 N–H and O–H groups in total. The van der Waals surface area contributed by atoms with Gasteiger partial charge in [-0.05, 0) is 38.5 Å². The maximum absolute atomic E-state index is 13.6. The number of halogens is 2. The molecule has 0 bridgehead atoms. The normalized spacial score (nSPS) is 37.7. The van der Waals surface area contributed by atoms with E-state index in [9.17, 15) is 13.6 Å². The molecule has 2 aliphatic rings. The van der Waals surface area contributed by atoms with E-state index in [1.165, 1.54) is 19.8 Å². The molecule has 1 saturated heterocycles. The van der Waals surface area contributed by atoms with Gasteiger partial charge in [0.05, 0.1) is 6.04 Å². The fourth-order valence-corrected chi connectivity index (χ4v) is 3.69. The average Bonchev–Trinajstić information content (AvgIpc) is 2.60. The van der Waals surface area contributed by atoms with Crippen molar-refractivity contribution in [1.82, 2.24) is 5.32 Å². The maximum Gasteiger partial charge on any atom is 0.268 e. The lowest BCUT2D eigenvalue weighted by Crippen LogP contribution is -2.47. The number of hydrogen-bond acceptors (Lipinski definition) is 3. The molecule has 3 nitrogen and oxygen atoms in total. The van der Waals surface area contributed by atoms with Gasteiger partial charge in [0.25, 0.3) is 5.92 Å². The van der Waals surface area contributed by atoms with Gasteiger partial charge in [-0.3, -0.25) is 9.79 Å². The summed E-state index contributed by atoms with van der Waals surface area (Å²) in [5.74, 6) is -2.33. The van der Waals surface area contributed by atoms with E-state index in [4.69, 9.17) is 0 Å². The number of nitrogens with one attached hydrogen (secondary N) is 1. The minimum absolute atomic E-state index is 0.0541. The highest BCUT2D eigenvalue weighted by Gasteiger charge is 2.57. The SMILES string of the molecule is CC1CC[C@H]1C[C@@H](C)N=C1NC(=O)[C@@](C)(C(C)(F)F)S1. The smallest absolute Gasteiger partial charge is 0.268 e. The summed E-state index contributed by atoms with van der Waals surface area (Å²) in [4.78, 5) is 16.2. The number of aliphatic imine (C=N–C) groups is 1. The van der Waals surface area contributed by atoms with Crippen molar-refractivity contribution in [1.29, 1.82) is 0 Å². The van der Waals surface area contributed by atoms with E-state index in [1.807, 2.05) is 6.92 Å². The highest BCUT2D eigenvalue weighted by Crippen LogP contribution is 2.44. The van der Waals surface area contributed by atoms with Crippen LogP contribution in [0.5, 0.6) is 0 Å². The highest BCUT2D eigenvalue weighted by atomic mass is 32.2. The number of carbonyl (C=O) groups is 1. The predicted octanol–water partition coefficient (Wildman–Crippen LogP) is 3.44. The first kappa shape index (κ1) is 15.7. The lowest BCUT2D eigenvalue weighted by molar-refractivity contribution is -0.129. The van der Waals surface area contributed by atoms with E-state index in [-0.39, 0.29) is 6.04 Å². The van der Waals surface area contributed by atoms with Crippen molar-refractivity contribution in [3.05, 3.63) is 0 Å². The van der Waals surface area contributed by atoms with Gasteiger partial charge in [-0.25, -0.2) is 8.78 Å². The molecular formula is C14H22F2N2OS. The van der Waals surface area contributed by atoms with Crippen molar-refractivity contribution in [2.45, 2.75) is 63.7 Å². The molecule has 0 aromatic heterocycles. The van der Waals surface area contributed by atoms with Crippen molar-refractivity contribution < 1.29 is 13.6 Å². The number of thioether (sulfide) groups is 1. The molecule has 6 heteroatoms. The predicted molar refractivity (Wildman–Crippen MR) is 78.2 cm³/mol.